The van der Waals surface area contributed by atoms with Crippen LogP contribution in [0.1, 0.15) is 19.4 Å². The second-order valence-electron chi connectivity index (χ2n) is 6.28. The highest BCUT2D eigenvalue weighted by molar-refractivity contribution is 6.11. The van der Waals surface area contributed by atoms with Crippen LogP contribution in [0.25, 0.3) is 0 Å². The molecule has 1 unspecified atom stereocenters. The number of aliphatic imine (C=N–C) groups is 1. The highest BCUT2D eigenvalue weighted by atomic mass is 15.2. The van der Waals surface area contributed by atoms with Gasteiger partial charge in [-0.25, -0.2) is 0 Å². The number of benzene rings is 1. The molecule has 112 valence electrons. The molecule has 0 radical (unpaired) electrons. The van der Waals surface area contributed by atoms with Gasteiger partial charge in [0.2, 0.25) is 0 Å². The number of nitrogens with zero attached hydrogens (tertiary/aromatic N) is 5. The van der Waals surface area contributed by atoms with Crippen LogP contribution in [0.15, 0.2) is 40.5 Å². The van der Waals surface area contributed by atoms with Gasteiger partial charge in [0.25, 0.3) is 0 Å². The number of rotatable bonds is 1. The summed E-state index contributed by atoms with van der Waals surface area (Å²) in [6.07, 6.45) is 0. The molecule has 5 heteroatoms. The highest BCUT2D eigenvalue weighted by Gasteiger charge is 2.48. The van der Waals surface area contributed by atoms with Gasteiger partial charge in [-0.3, -0.25) is 4.99 Å². The minimum atomic E-state index is -1.02. The van der Waals surface area contributed by atoms with Crippen molar-refractivity contribution in [1.29, 1.82) is 15.8 Å². The number of allylic oxidation sites excluding steroid dienone is 1. The molecule has 0 spiro atoms. The van der Waals surface area contributed by atoms with E-state index in [1.54, 1.807) is 0 Å². The smallest absolute Gasteiger partial charge is 0.175 e. The standard InChI is InChI=1S/C18H15N5/c1-18(2)13-6-4-5-7-14(13)23(3)16-12(10-21)15(22-17(16)18)11(8-19)9-20/h4-7,11,17H,1-3H3. The van der Waals surface area contributed by atoms with Gasteiger partial charge < -0.3 is 4.90 Å². The van der Waals surface area contributed by atoms with E-state index in [4.69, 9.17) is 0 Å². The number of hydrogen-bond donors (Lipinski definition) is 0. The second-order valence-corrected chi connectivity index (χ2v) is 6.28. The van der Waals surface area contributed by atoms with Crippen LogP contribution in [-0.2, 0) is 5.41 Å². The fraction of sp³-hybridized carbons (Fsp3) is 0.333. The molecular formula is C18H15N5. The highest BCUT2D eigenvalue weighted by Crippen LogP contribution is 2.48. The molecule has 0 bridgehead atoms. The molecule has 2 heterocycles. The van der Waals surface area contributed by atoms with Gasteiger partial charge in [-0.15, -0.1) is 0 Å². The van der Waals surface area contributed by atoms with Crippen LogP contribution in [0.4, 0.5) is 5.69 Å². The summed E-state index contributed by atoms with van der Waals surface area (Å²) in [7, 11) is 1.90. The number of nitriles is 3. The lowest BCUT2D eigenvalue weighted by Gasteiger charge is -2.43. The van der Waals surface area contributed by atoms with Crippen LogP contribution in [-0.4, -0.2) is 18.8 Å². The third-order valence-corrected chi connectivity index (χ3v) is 4.69. The fourth-order valence-corrected chi connectivity index (χ4v) is 3.46. The molecule has 2 aliphatic rings. The lowest BCUT2D eigenvalue weighted by Crippen LogP contribution is -2.43. The molecule has 0 aromatic heterocycles. The van der Waals surface area contributed by atoms with E-state index in [1.807, 2.05) is 42.3 Å². The van der Waals surface area contributed by atoms with E-state index in [-0.39, 0.29) is 11.5 Å². The first-order chi connectivity index (χ1) is 11.0. The predicted octanol–water partition coefficient (Wildman–Crippen LogP) is 2.68. The minimum absolute atomic E-state index is 0.267. The van der Waals surface area contributed by atoms with Crippen molar-refractivity contribution in [2.75, 3.05) is 11.9 Å². The van der Waals surface area contributed by atoms with E-state index in [0.29, 0.717) is 11.3 Å². The summed E-state index contributed by atoms with van der Waals surface area (Å²) in [5.74, 6) is -1.02. The zero-order valence-corrected chi connectivity index (χ0v) is 13.2. The first-order valence-corrected chi connectivity index (χ1v) is 7.32. The Morgan fingerprint density at radius 2 is 1.83 bits per heavy atom. The quantitative estimate of drug-likeness (QED) is 0.798. The molecule has 1 atom stereocenters. The molecular weight excluding hydrogens is 286 g/mol. The van der Waals surface area contributed by atoms with Gasteiger partial charge in [-0.1, -0.05) is 32.0 Å². The first kappa shape index (κ1) is 14.8. The second kappa shape index (κ2) is 4.97. The lowest BCUT2D eigenvalue weighted by atomic mass is 9.72. The third-order valence-electron chi connectivity index (χ3n) is 4.69. The average Bonchev–Trinajstić information content (AvgIpc) is 2.95. The first-order valence-electron chi connectivity index (χ1n) is 7.32. The molecule has 0 saturated heterocycles. The van der Waals surface area contributed by atoms with Crippen LogP contribution in [0.5, 0.6) is 0 Å². The average molecular weight is 301 g/mol. The van der Waals surface area contributed by atoms with Crippen LogP contribution < -0.4 is 4.90 Å². The van der Waals surface area contributed by atoms with Gasteiger partial charge in [0.05, 0.1) is 29.1 Å². The van der Waals surface area contributed by atoms with E-state index < -0.39 is 5.92 Å². The largest absolute Gasteiger partial charge is 0.345 e. The zero-order chi connectivity index (χ0) is 16.8. The topological polar surface area (TPSA) is 87.0 Å². The fourth-order valence-electron chi connectivity index (χ4n) is 3.46. The lowest BCUT2D eigenvalue weighted by molar-refractivity contribution is 0.437. The summed E-state index contributed by atoms with van der Waals surface area (Å²) in [5, 5.41) is 28.0. The van der Waals surface area contributed by atoms with Crippen molar-refractivity contribution in [3.8, 4) is 18.2 Å². The molecule has 1 aromatic carbocycles. The molecule has 0 aliphatic carbocycles. The Balaban J connectivity index is 2.29. The van der Waals surface area contributed by atoms with Gasteiger partial charge in [-0.2, -0.15) is 15.8 Å². The Bertz CT molecular complexity index is 856. The minimum Gasteiger partial charge on any atom is -0.345 e. The van der Waals surface area contributed by atoms with Gasteiger partial charge in [-0.05, 0) is 11.6 Å². The van der Waals surface area contributed by atoms with Crippen molar-refractivity contribution < 1.29 is 0 Å². The van der Waals surface area contributed by atoms with Crippen LogP contribution >= 0.6 is 0 Å². The maximum atomic E-state index is 9.62. The molecule has 3 rings (SSSR count). The van der Waals surface area contributed by atoms with Crippen LogP contribution in [0, 0.1) is 39.9 Å². The van der Waals surface area contributed by atoms with E-state index in [2.05, 4.69) is 31.0 Å². The van der Waals surface area contributed by atoms with Crippen molar-refractivity contribution in [1.82, 2.24) is 0 Å². The van der Waals surface area contributed by atoms with Gasteiger partial charge >= 0.3 is 0 Å². The Kier molecular flexibility index (Phi) is 3.20. The predicted molar refractivity (Wildman–Crippen MR) is 86.4 cm³/mol. The van der Waals surface area contributed by atoms with Crippen LogP contribution in [0.2, 0.25) is 0 Å². The Morgan fingerprint density at radius 3 is 2.43 bits per heavy atom. The third kappa shape index (κ3) is 1.86. The number of fused-ring (bicyclic) bond motifs is 2. The van der Waals surface area contributed by atoms with E-state index in [1.165, 1.54) is 0 Å². The number of likely N-dealkylation sites (N-methyl/N-ethyl adjacent to an activating group) is 1. The Labute approximate surface area is 135 Å². The molecule has 5 nitrogen and oxygen atoms in total. The number of hydrogen-bond acceptors (Lipinski definition) is 5. The van der Waals surface area contributed by atoms with Crippen molar-refractivity contribution in [3.63, 3.8) is 0 Å². The molecule has 1 aromatic rings. The summed E-state index contributed by atoms with van der Waals surface area (Å²) in [5.41, 5.74) is 3.28. The molecule has 0 saturated carbocycles. The number of para-hydroxylation sites is 1. The van der Waals surface area contributed by atoms with Crippen molar-refractivity contribution in [2.45, 2.75) is 25.3 Å². The summed E-state index contributed by atoms with van der Waals surface area (Å²) in [4.78, 5) is 6.60. The van der Waals surface area contributed by atoms with Gasteiger partial charge in [0.15, 0.2) is 5.92 Å². The Morgan fingerprint density at radius 1 is 1.17 bits per heavy atom. The summed E-state index contributed by atoms with van der Waals surface area (Å²) in [6.45, 7) is 4.16. The zero-order valence-electron chi connectivity index (χ0n) is 13.2. The monoisotopic (exact) mass is 301 g/mol. The van der Waals surface area contributed by atoms with Crippen molar-refractivity contribution in [2.24, 2.45) is 10.9 Å². The van der Waals surface area contributed by atoms with Crippen molar-refractivity contribution in [3.05, 3.63) is 41.1 Å². The molecule has 23 heavy (non-hydrogen) atoms. The Hall–Kier alpha value is -3.10. The summed E-state index contributed by atoms with van der Waals surface area (Å²) < 4.78 is 0. The maximum absolute atomic E-state index is 9.62. The van der Waals surface area contributed by atoms with E-state index >= 15 is 0 Å². The summed E-state index contributed by atoms with van der Waals surface area (Å²) in [6, 6.07) is 13.8. The molecule has 0 fully saturated rings. The van der Waals surface area contributed by atoms with Gasteiger partial charge in [0, 0.05) is 18.2 Å². The molecule has 0 N–H and O–H groups in total. The SMILES string of the molecule is CN1C2=C(C#N)C(C(C#N)C#N)=NC2C(C)(C)c2ccccc21. The maximum Gasteiger partial charge on any atom is 0.175 e. The molecule has 0 amide bonds. The normalized spacial score (nSPS) is 21.0. The van der Waals surface area contributed by atoms with E-state index in [9.17, 15) is 15.8 Å². The molecule has 2 aliphatic heterocycles. The summed E-state index contributed by atoms with van der Waals surface area (Å²) >= 11 is 0. The van der Waals surface area contributed by atoms with Crippen LogP contribution in [0.3, 0.4) is 0 Å². The number of anilines is 1. The van der Waals surface area contributed by atoms with Crippen molar-refractivity contribution >= 4 is 11.4 Å². The van der Waals surface area contributed by atoms with Gasteiger partial charge in [0.1, 0.15) is 12.1 Å². The van der Waals surface area contributed by atoms with E-state index in [0.717, 1.165) is 16.9 Å².